The zero-order valence-corrected chi connectivity index (χ0v) is 16.3. The summed E-state index contributed by atoms with van der Waals surface area (Å²) < 4.78 is 7.08. The lowest BCUT2D eigenvalue weighted by molar-refractivity contribution is -0.116. The highest BCUT2D eigenvalue weighted by atomic mass is 16.5. The van der Waals surface area contributed by atoms with Crippen LogP contribution in [0, 0.1) is 0 Å². The van der Waals surface area contributed by atoms with Gasteiger partial charge in [-0.25, -0.2) is 9.97 Å². The molecule has 1 N–H and O–H groups in total. The van der Waals surface area contributed by atoms with Gasteiger partial charge in [-0.2, -0.15) is 0 Å². The van der Waals surface area contributed by atoms with Crippen molar-refractivity contribution in [3.05, 3.63) is 58.8 Å². The van der Waals surface area contributed by atoms with Crippen LogP contribution in [0.1, 0.15) is 39.1 Å². The van der Waals surface area contributed by atoms with Gasteiger partial charge in [-0.15, -0.1) is 0 Å². The van der Waals surface area contributed by atoms with E-state index in [0.717, 1.165) is 5.75 Å². The maximum Gasteiger partial charge on any atom is 0.267 e. The molecule has 0 radical (unpaired) electrons. The van der Waals surface area contributed by atoms with Crippen LogP contribution in [0.25, 0.3) is 16.7 Å². The molecule has 1 unspecified atom stereocenters. The van der Waals surface area contributed by atoms with Gasteiger partial charge in [-0.05, 0) is 57.2 Å². The van der Waals surface area contributed by atoms with Crippen molar-refractivity contribution in [3.63, 3.8) is 0 Å². The van der Waals surface area contributed by atoms with Gasteiger partial charge in [0, 0.05) is 19.2 Å². The van der Waals surface area contributed by atoms with E-state index < -0.39 is 0 Å². The highest BCUT2D eigenvalue weighted by Gasteiger charge is 2.18. The largest absolute Gasteiger partial charge is 0.494 e. The van der Waals surface area contributed by atoms with E-state index in [-0.39, 0.29) is 17.4 Å². The topological polar surface area (TPSA) is 86.1 Å². The van der Waals surface area contributed by atoms with Crippen molar-refractivity contribution in [2.45, 2.75) is 33.2 Å². The zero-order valence-electron chi connectivity index (χ0n) is 16.3. The van der Waals surface area contributed by atoms with Crippen LogP contribution >= 0.6 is 0 Å². The van der Waals surface area contributed by atoms with Gasteiger partial charge in [0.05, 0.1) is 23.7 Å². The molecule has 7 heteroatoms. The number of pyridine rings is 1. The minimum atomic E-state index is -0.245. The Hall–Kier alpha value is -3.06. The van der Waals surface area contributed by atoms with Gasteiger partial charge in [0.25, 0.3) is 5.56 Å². The number of Topliss-reactive ketones (excluding diaryl/α,β-unsaturated/α-hetero) is 1. The highest BCUT2D eigenvalue weighted by Crippen LogP contribution is 2.19. The van der Waals surface area contributed by atoms with Crippen LogP contribution in [0.3, 0.4) is 0 Å². The summed E-state index contributed by atoms with van der Waals surface area (Å²) in [6, 6.07) is 10.5. The fourth-order valence-electron chi connectivity index (χ4n) is 2.99. The number of benzene rings is 1. The van der Waals surface area contributed by atoms with Crippen LogP contribution in [-0.4, -0.2) is 33.5 Å². The summed E-state index contributed by atoms with van der Waals surface area (Å²) in [5, 5.41) is 3.72. The quantitative estimate of drug-likeness (QED) is 0.647. The van der Waals surface area contributed by atoms with Crippen LogP contribution in [0.15, 0.2) is 47.4 Å². The molecule has 2 heterocycles. The van der Waals surface area contributed by atoms with Crippen molar-refractivity contribution >= 4 is 16.8 Å². The average Bonchev–Trinajstić information content (AvgIpc) is 2.68. The molecular weight excluding hydrogens is 356 g/mol. The molecule has 0 saturated carbocycles. The van der Waals surface area contributed by atoms with Crippen LogP contribution in [0.4, 0.5) is 0 Å². The molecule has 0 aliphatic heterocycles. The number of hydrogen-bond donors (Lipinski definition) is 1. The molecule has 1 atom stereocenters. The molecule has 0 aliphatic carbocycles. The van der Waals surface area contributed by atoms with Crippen molar-refractivity contribution in [2.24, 2.45) is 0 Å². The van der Waals surface area contributed by atoms with Gasteiger partial charge in [-0.3, -0.25) is 14.2 Å². The summed E-state index contributed by atoms with van der Waals surface area (Å²) in [4.78, 5) is 33.3. The molecular formula is C21H24N4O3. The Morgan fingerprint density at radius 3 is 2.68 bits per heavy atom. The Labute approximate surface area is 163 Å². The number of nitrogens with one attached hydrogen (secondary N) is 1. The molecule has 1 aromatic carbocycles. The van der Waals surface area contributed by atoms with Gasteiger partial charge >= 0.3 is 0 Å². The minimum Gasteiger partial charge on any atom is -0.494 e. The first kappa shape index (κ1) is 19.7. The van der Waals surface area contributed by atoms with E-state index >= 15 is 0 Å². The average molecular weight is 380 g/mol. The Balaban J connectivity index is 2.08. The third-order valence-electron chi connectivity index (χ3n) is 4.39. The molecule has 28 heavy (non-hydrogen) atoms. The molecule has 0 amide bonds. The van der Waals surface area contributed by atoms with E-state index in [1.807, 2.05) is 38.1 Å². The first-order chi connectivity index (χ1) is 13.5. The molecule has 146 valence electrons. The highest BCUT2D eigenvalue weighted by molar-refractivity contribution is 5.75. The number of fused-ring (bicyclic) bond motifs is 1. The standard InChI is InChI=1S/C21H24N4O3/c1-4-28-17-9-7-16(8-10-17)25-20(15(3)22-13-11-14(2)26)24-19-18(21(25)27)6-5-12-23-19/h5-10,12,15,22H,4,11,13H2,1-3H3. The summed E-state index contributed by atoms with van der Waals surface area (Å²) in [6.07, 6.45) is 2.04. The number of hydrogen-bond acceptors (Lipinski definition) is 6. The van der Waals surface area contributed by atoms with Gasteiger partial charge < -0.3 is 10.1 Å². The Morgan fingerprint density at radius 1 is 1.25 bits per heavy atom. The number of rotatable bonds is 8. The zero-order chi connectivity index (χ0) is 20.1. The van der Waals surface area contributed by atoms with E-state index in [0.29, 0.717) is 42.1 Å². The third-order valence-corrected chi connectivity index (χ3v) is 4.39. The van der Waals surface area contributed by atoms with Crippen molar-refractivity contribution in [2.75, 3.05) is 13.2 Å². The second kappa shape index (κ2) is 8.75. The second-order valence-corrected chi connectivity index (χ2v) is 6.54. The third kappa shape index (κ3) is 4.26. The fraction of sp³-hybridized carbons (Fsp3) is 0.333. The molecule has 0 saturated heterocycles. The minimum absolute atomic E-state index is 0.108. The summed E-state index contributed by atoms with van der Waals surface area (Å²) in [5.74, 6) is 1.39. The van der Waals surface area contributed by atoms with Crippen molar-refractivity contribution in [1.29, 1.82) is 0 Å². The van der Waals surface area contributed by atoms with Gasteiger partial charge in [0.1, 0.15) is 17.4 Å². The van der Waals surface area contributed by atoms with E-state index in [9.17, 15) is 9.59 Å². The van der Waals surface area contributed by atoms with Crippen LogP contribution in [-0.2, 0) is 4.79 Å². The SMILES string of the molecule is CCOc1ccc(-n2c(C(C)NCCC(C)=O)nc3ncccc3c2=O)cc1. The van der Waals surface area contributed by atoms with Crippen LogP contribution < -0.4 is 15.6 Å². The lowest BCUT2D eigenvalue weighted by Crippen LogP contribution is -2.31. The van der Waals surface area contributed by atoms with Gasteiger partial charge in [0.15, 0.2) is 5.65 Å². The Kier molecular flexibility index (Phi) is 6.16. The van der Waals surface area contributed by atoms with E-state index in [1.165, 1.54) is 0 Å². The number of ether oxygens (including phenoxy) is 1. The lowest BCUT2D eigenvalue weighted by Gasteiger charge is -2.19. The van der Waals surface area contributed by atoms with Gasteiger partial charge in [-0.1, -0.05) is 0 Å². The number of nitrogens with zero attached hydrogens (tertiary/aromatic N) is 3. The van der Waals surface area contributed by atoms with Gasteiger partial charge in [0.2, 0.25) is 0 Å². The Bertz CT molecular complexity index is 1030. The number of ketones is 1. The maximum atomic E-state index is 13.2. The Morgan fingerprint density at radius 2 is 2.00 bits per heavy atom. The number of carbonyl (C=O) groups is 1. The molecule has 0 spiro atoms. The molecule has 3 rings (SSSR count). The van der Waals surface area contributed by atoms with Crippen LogP contribution in [0.2, 0.25) is 0 Å². The van der Waals surface area contributed by atoms with E-state index in [1.54, 1.807) is 29.8 Å². The number of aromatic nitrogens is 3. The molecule has 0 aliphatic rings. The normalized spacial score (nSPS) is 12.1. The van der Waals surface area contributed by atoms with E-state index in [2.05, 4.69) is 15.3 Å². The smallest absolute Gasteiger partial charge is 0.267 e. The molecule has 7 nitrogen and oxygen atoms in total. The van der Waals surface area contributed by atoms with E-state index in [4.69, 9.17) is 4.74 Å². The summed E-state index contributed by atoms with van der Waals surface area (Å²) in [6.45, 7) is 6.48. The predicted octanol–water partition coefficient (Wildman–Crippen LogP) is 2.81. The second-order valence-electron chi connectivity index (χ2n) is 6.54. The molecule has 3 aromatic rings. The first-order valence-corrected chi connectivity index (χ1v) is 9.35. The maximum absolute atomic E-state index is 13.2. The lowest BCUT2D eigenvalue weighted by atomic mass is 10.2. The van der Waals surface area contributed by atoms with Crippen molar-refractivity contribution in [1.82, 2.24) is 19.9 Å². The summed E-state index contributed by atoms with van der Waals surface area (Å²) in [7, 11) is 0. The first-order valence-electron chi connectivity index (χ1n) is 9.35. The van der Waals surface area contributed by atoms with Crippen LogP contribution in [0.5, 0.6) is 5.75 Å². The molecule has 0 fully saturated rings. The molecule has 2 aromatic heterocycles. The number of carbonyl (C=O) groups excluding carboxylic acids is 1. The monoisotopic (exact) mass is 380 g/mol. The fourth-order valence-corrected chi connectivity index (χ4v) is 2.99. The van der Waals surface area contributed by atoms with Crippen molar-refractivity contribution < 1.29 is 9.53 Å². The summed E-state index contributed by atoms with van der Waals surface area (Å²) >= 11 is 0. The summed E-state index contributed by atoms with van der Waals surface area (Å²) in [5.41, 5.74) is 0.921. The van der Waals surface area contributed by atoms with Crippen molar-refractivity contribution in [3.8, 4) is 11.4 Å². The molecule has 0 bridgehead atoms. The predicted molar refractivity (Wildman–Crippen MR) is 108 cm³/mol.